The van der Waals surface area contributed by atoms with Gasteiger partial charge < -0.3 is 19.8 Å². The van der Waals surface area contributed by atoms with Crippen LogP contribution >= 0.6 is 0 Å². The van der Waals surface area contributed by atoms with E-state index in [1.54, 1.807) is 7.11 Å². The molecule has 0 fully saturated rings. The predicted octanol–water partition coefficient (Wildman–Crippen LogP) is 2.47. The third-order valence-corrected chi connectivity index (χ3v) is 3.12. The molecule has 0 aliphatic heterocycles. The molecule has 1 aromatic heterocycles. The normalized spacial score (nSPS) is 12.2. The second kappa shape index (κ2) is 7.01. The first-order valence-corrected chi connectivity index (χ1v) is 6.85. The third kappa shape index (κ3) is 4.03. The summed E-state index contributed by atoms with van der Waals surface area (Å²) in [6.45, 7) is 3.47. The Bertz CT molecular complexity index is 518. The highest BCUT2D eigenvalue weighted by atomic mass is 16.5. The lowest BCUT2D eigenvalue weighted by molar-refractivity contribution is 0.296. The molecular formula is C16H22N2O2. The number of nitrogens with zero attached hydrogens (tertiary/aromatic N) is 1. The number of benzene rings is 1. The molecule has 0 spiro atoms. The lowest BCUT2D eigenvalue weighted by Gasteiger charge is -2.12. The van der Waals surface area contributed by atoms with Gasteiger partial charge in [0.15, 0.2) is 0 Å². The summed E-state index contributed by atoms with van der Waals surface area (Å²) in [5, 5.41) is 0. The first-order valence-electron chi connectivity index (χ1n) is 6.85. The van der Waals surface area contributed by atoms with E-state index in [0.29, 0.717) is 6.61 Å². The van der Waals surface area contributed by atoms with Crippen LogP contribution in [0.5, 0.6) is 11.5 Å². The number of methoxy groups -OCH3 is 1. The summed E-state index contributed by atoms with van der Waals surface area (Å²) in [5.41, 5.74) is 7.09. The van der Waals surface area contributed by atoms with Crippen LogP contribution in [0, 0.1) is 0 Å². The smallest absolute Gasteiger partial charge is 0.119 e. The van der Waals surface area contributed by atoms with E-state index >= 15 is 0 Å². The maximum absolute atomic E-state index is 5.84. The van der Waals surface area contributed by atoms with Crippen LogP contribution in [-0.2, 0) is 13.0 Å². The van der Waals surface area contributed by atoms with Crippen LogP contribution in [0.4, 0.5) is 0 Å². The Labute approximate surface area is 120 Å². The van der Waals surface area contributed by atoms with E-state index in [-0.39, 0.29) is 6.04 Å². The Kier molecular flexibility index (Phi) is 5.07. The number of hydrogen-bond acceptors (Lipinski definition) is 3. The van der Waals surface area contributed by atoms with Crippen LogP contribution in [0.25, 0.3) is 0 Å². The number of rotatable bonds is 7. The maximum atomic E-state index is 5.84. The Morgan fingerprint density at radius 3 is 2.50 bits per heavy atom. The monoisotopic (exact) mass is 274 g/mol. The van der Waals surface area contributed by atoms with E-state index in [0.717, 1.165) is 24.5 Å². The van der Waals surface area contributed by atoms with Gasteiger partial charge in [0.05, 0.1) is 13.7 Å². The molecule has 1 aromatic carbocycles. The fourth-order valence-corrected chi connectivity index (χ4v) is 2.12. The quantitative estimate of drug-likeness (QED) is 0.843. The number of nitrogens with two attached hydrogens (primary N) is 1. The molecule has 0 amide bonds. The summed E-state index contributed by atoms with van der Waals surface area (Å²) in [5.74, 6) is 1.69. The zero-order chi connectivity index (χ0) is 14.4. The van der Waals surface area contributed by atoms with E-state index in [4.69, 9.17) is 15.2 Å². The highest BCUT2D eigenvalue weighted by Gasteiger charge is 2.04. The van der Waals surface area contributed by atoms with Gasteiger partial charge in [-0.1, -0.05) is 0 Å². The molecular weight excluding hydrogens is 252 g/mol. The lowest BCUT2D eigenvalue weighted by Crippen LogP contribution is -2.20. The molecule has 0 bridgehead atoms. The highest BCUT2D eigenvalue weighted by Crippen LogP contribution is 2.17. The maximum Gasteiger partial charge on any atom is 0.119 e. The fourth-order valence-electron chi connectivity index (χ4n) is 2.12. The van der Waals surface area contributed by atoms with Crippen LogP contribution < -0.4 is 15.2 Å². The van der Waals surface area contributed by atoms with Crippen molar-refractivity contribution in [1.82, 2.24) is 4.57 Å². The fraction of sp³-hybridized carbons (Fsp3) is 0.375. The molecule has 0 aliphatic rings. The molecule has 0 saturated carbocycles. The van der Waals surface area contributed by atoms with Crippen LogP contribution in [0.3, 0.4) is 0 Å². The average Bonchev–Trinajstić information content (AvgIpc) is 2.86. The number of hydrogen-bond donors (Lipinski definition) is 1. The first-order chi connectivity index (χ1) is 9.69. The average molecular weight is 274 g/mol. The van der Waals surface area contributed by atoms with Gasteiger partial charge in [-0.2, -0.15) is 0 Å². The van der Waals surface area contributed by atoms with Crippen LogP contribution in [0.15, 0.2) is 42.6 Å². The summed E-state index contributed by atoms with van der Waals surface area (Å²) in [4.78, 5) is 0. The summed E-state index contributed by atoms with van der Waals surface area (Å²) < 4.78 is 13.0. The zero-order valence-electron chi connectivity index (χ0n) is 12.1. The van der Waals surface area contributed by atoms with Gasteiger partial charge in [0.1, 0.15) is 18.1 Å². The standard InChI is InChI=1S/C16H22N2O2/c1-13(17)12-14-4-3-9-18(14)10-11-20-16-7-5-15(19-2)6-8-16/h3-9,13H,10-12,17H2,1-2H3. The van der Waals surface area contributed by atoms with E-state index in [1.165, 1.54) is 5.69 Å². The molecule has 108 valence electrons. The molecule has 2 aromatic rings. The van der Waals surface area contributed by atoms with E-state index < -0.39 is 0 Å². The van der Waals surface area contributed by atoms with Crippen molar-refractivity contribution >= 4 is 0 Å². The minimum Gasteiger partial charge on any atom is -0.497 e. The summed E-state index contributed by atoms with van der Waals surface area (Å²) >= 11 is 0. The van der Waals surface area contributed by atoms with Gasteiger partial charge in [-0.3, -0.25) is 0 Å². The largest absolute Gasteiger partial charge is 0.497 e. The van der Waals surface area contributed by atoms with Crippen molar-refractivity contribution in [3.05, 3.63) is 48.3 Å². The van der Waals surface area contributed by atoms with Crippen LogP contribution in [0.1, 0.15) is 12.6 Å². The van der Waals surface area contributed by atoms with Gasteiger partial charge in [-0.05, 0) is 43.3 Å². The molecule has 1 unspecified atom stereocenters. The van der Waals surface area contributed by atoms with Gasteiger partial charge >= 0.3 is 0 Å². The van der Waals surface area contributed by atoms with Crippen molar-refractivity contribution in [2.24, 2.45) is 5.73 Å². The van der Waals surface area contributed by atoms with Crippen LogP contribution in [0.2, 0.25) is 0 Å². The molecule has 0 aliphatic carbocycles. The Morgan fingerprint density at radius 1 is 1.15 bits per heavy atom. The van der Waals surface area contributed by atoms with Crippen molar-refractivity contribution in [2.75, 3.05) is 13.7 Å². The van der Waals surface area contributed by atoms with E-state index in [9.17, 15) is 0 Å². The SMILES string of the molecule is COc1ccc(OCCn2cccc2CC(C)N)cc1. The lowest BCUT2D eigenvalue weighted by atomic mass is 10.2. The Balaban J connectivity index is 1.84. The number of aromatic nitrogens is 1. The second-order valence-electron chi connectivity index (χ2n) is 4.90. The van der Waals surface area contributed by atoms with Gasteiger partial charge in [0, 0.05) is 24.4 Å². The van der Waals surface area contributed by atoms with Crippen molar-refractivity contribution in [3.63, 3.8) is 0 Å². The number of ether oxygens (including phenoxy) is 2. The zero-order valence-corrected chi connectivity index (χ0v) is 12.1. The van der Waals surface area contributed by atoms with Crippen LogP contribution in [-0.4, -0.2) is 24.3 Å². The third-order valence-electron chi connectivity index (χ3n) is 3.12. The summed E-state index contributed by atoms with van der Waals surface area (Å²) in [6, 6.07) is 11.9. The van der Waals surface area contributed by atoms with Gasteiger partial charge in [0.2, 0.25) is 0 Å². The molecule has 0 saturated heterocycles. The molecule has 2 N–H and O–H groups in total. The van der Waals surface area contributed by atoms with Gasteiger partial charge in [-0.25, -0.2) is 0 Å². The molecule has 1 atom stereocenters. The molecule has 1 heterocycles. The second-order valence-corrected chi connectivity index (χ2v) is 4.90. The minimum atomic E-state index is 0.172. The molecule has 4 nitrogen and oxygen atoms in total. The molecule has 4 heteroatoms. The first kappa shape index (κ1) is 14.5. The van der Waals surface area contributed by atoms with Crippen molar-refractivity contribution < 1.29 is 9.47 Å². The van der Waals surface area contributed by atoms with Gasteiger partial charge in [-0.15, -0.1) is 0 Å². The highest BCUT2D eigenvalue weighted by molar-refractivity contribution is 5.31. The molecule has 0 radical (unpaired) electrons. The summed E-state index contributed by atoms with van der Waals surface area (Å²) in [6.07, 6.45) is 2.95. The Hall–Kier alpha value is -1.94. The minimum absolute atomic E-state index is 0.172. The molecule has 20 heavy (non-hydrogen) atoms. The van der Waals surface area contributed by atoms with Crippen molar-refractivity contribution in [2.45, 2.75) is 25.9 Å². The summed E-state index contributed by atoms with van der Waals surface area (Å²) in [7, 11) is 1.65. The van der Waals surface area contributed by atoms with Gasteiger partial charge in [0.25, 0.3) is 0 Å². The topological polar surface area (TPSA) is 49.4 Å². The Morgan fingerprint density at radius 2 is 1.85 bits per heavy atom. The van der Waals surface area contributed by atoms with Crippen molar-refractivity contribution in [1.29, 1.82) is 0 Å². The van der Waals surface area contributed by atoms with Crippen molar-refractivity contribution in [3.8, 4) is 11.5 Å². The predicted molar refractivity (Wildman–Crippen MR) is 80.3 cm³/mol. The molecule has 2 rings (SSSR count). The van der Waals surface area contributed by atoms with E-state index in [1.807, 2.05) is 37.3 Å². The van der Waals surface area contributed by atoms with E-state index in [2.05, 4.69) is 16.8 Å².